The van der Waals surface area contributed by atoms with Crippen molar-refractivity contribution in [3.05, 3.63) is 96.0 Å². The van der Waals surface area contributed by atoms with Crippen LogP contribution >= 0.6 is 0 Å². The van der Waals surface area contributed by atoms with Crippen LogP contribution in [0.1, 0.15) is 41.1 Å². The number of benzene rings is 2. The largest absolute Gasteiger partial charge is 0.465 e. The molecule has 0 aliphatic rings. The first-order valence-electron chi connectivity index (χ1n) is 10.3. The molecule has 0 bridgehead atoms. The third kappa shape index (κ3) is 6.98. The summed E-state index contributed by atoms with van der Waals surface area (Å²) in [5.41, 5.74) is 2.07. The molecule has 0 radical (unpaired) electrons. The molecule has 2 aromatic carbocycles. The van der Waals surface area contributed by atoms with Crippen LogP contribution in [-0.2, 0) is 9.59 Å². The lowest BCUT2D eigenvalue weighted by Gasteiger charge is -2.16. The van der Waals surface area contributed by atoms with Crippen molar-refractivity contribution in [1.29, 1.82) is 0 Å². The van der Waals surface area contributed by atoms with Crippen LogP contribution in [0.2, 0.25) is 0 Å². The zero-order valence-corrected chi connectivity index (χ0v) is 17.7. The number of anilines is 1. The Hall–Kier alpha value is -4.13. The third-order valence-corrected chi connectivity index (χ3v) is 4.65. The van der Waals surface area contributed by atoms with Gasteiger partial charge in [0.05, 0.1) is 12.3 Å². The standard InChI is InChI=1S/C25H25N3O4/c1-18(27-24(30)14-15-26-23(29)13-12-22-11-6-16-32-22)20-9-5-10-21(17-20)28-25(31)19-7-3-2-4-8-19/h2-13,16-18H,14-15H2,1H3,(H,26,29)(H,27,30)(H,28,31)/b13-12+. The maximum absolute atomic E-state index is 12.3. The summed E-state index contributed by atoms with van der Waals surface area (Å²) >= 11 is 0. The Balaban J connectivity index is 1.45. The number of furan rings is 1. The van der Waals surface area contributed by atoms with Crippen LogP contribution < -0.4 is 16.0 Å². The van der Waals surface area contributed by atoms with Gasteiger partial charge in [0.15, 0.2) is 0 Å². The maximum Gasteiger partial charge on any atom is 0.255 e. The summed E-state index contributed by atoms with van der Waals surface area (Å²) in [5.74, 6) is -0.110. The van der Waals surface area contributed by atoms with E-state index in [4.69, 9.17) is 4.42 Å². The third-order valence-electron chi connectivity index (χ3n) is 4.65. The Kier molecular flexibility index (Phi) is 7.97. The van der Waals surface area contributed by atoms with Gasteiger partial charge < -0.3 is 20.4 Å². The monoisotopic (exact) mass is 431 g/mol. The highest BCUT2D eigenvalue weighted by atomic mass is 16.3. The van der Waals surface area contributed by atoms with Crippen LogP contribution in [0.4, 0.5) is 5.69 Å². The fourth-order valence-corrected chi connectivity index (χ4v) is 2.98. The highest BCUT2D eigenvalue weighted by Gasteiger charge is 2.11. The van der Waals surface area contributed by atoms with Crippen molar-refractivity contribution in [1.82, 2.24) is 10.6 Å². The molecule has 3 amide bonds. The van der Waals surface area contributed by atoms with Crippen LogP contribution in [0.25, 0.3) is 6.08 Å². The van der Waals surface area contributed by atoms with Crippen molar-refractivity contribution < 1.29 is 18.8 Å². The molecule has 1 atom stereocenters. The molecule has 0 aliphatic heterocycles. The van der Waals surface area contributed by atoms with Crippen LogP contribution in [0, 0.1) is 0 Å². The number of rotatable bonds is 9. The number of carbonyl (C=O) groups is 3. The molecule has 1 aromatic heterocycles. The average Bonchev–Trinajstić information content (AvgIpc) is 3.32. The first kappa shape index (κ1) is 22.6. The summed E-state index contributed by atoms with van der Waals surface area (Å²) in [7, 11) is 0. The highest BCUT2D eigenvalue weighted by Crippen LogP contribution is 2.18. The van der Waals surface area contributed by atoms with Crippen LogP contribution in [0.5, 0.6) is 0 Å². The quantitative estimate of drug-likeness (QED) is 0.447. The Labute approximate surface area is 186 Å². The van der Waals surface area contributed by atoms with E-state index in [1.807, 2.05) is 31.2 Å². The van der Waals surface area contributed by atoms with E-state index in [0.717, 1.165) is 5.56 Å². The molecule has 164 valence electrons. The van der Waals surface area contributed by atoms with Crippen molar-refractivity contribution in [2.24, 2.45) is 0 Å². The first-order chi connectivity index (χ1) is 15.5. The zero-order valence-electron chi connectivity index (χ0n) is 17.7. The van der Waals surface area contributed by atoms with Gasteiger partial charge in [0, 0.05) is 30.3 Å². The number of amides is 3. The lowest BCUT2D eigenvalue weighted by atomic mass is 10.1. The van der Waals surface area contributed by atoms with Gasteiger partial charge in [-0.15, -0.1) is 0 Å². The molecule has 1 unspecified atom stereocenters. The first-order valence-corrected chi connectivity index (χ1v) is 10.3. The molecule has 0 saturated carbocycles. The number of hydrogen-bond donors (Lipinski definition) is 3. The molecule has 0 spiro atoms. The van der Waals surface area contributed by atoms with E-state index in [-0.39, 0.29) is 36.7 Å². The van der Waals surface area contributed by atoms with Crippen molar-refractivity contribution in [3.63, 3.8) is 0 Å². The molecule has 0 saturated heterocycles. The van der Waals surface area contributed by atoms with E-state index in [9.17, 15) is 14.4 Å². The van der Waals surface area contributed by atoms with E-state index in [1.54, 1.807) is 48.5 Å². The fraction of sp³-hybridized carbons (Fsp3) is 0.160. The molecular formula is C25H25N3O4. The Morgan fingerprint density at radius 2 is 1.81 bits per heavy atom. The van der Waals surface area contributed by atoms with Gasteiger partial charge in [0.1, 0.15) is 5.76 Å². The molecule has 0 fully saturated rings. The van der Waals surface area contributed by atoms with Crippen molar-refractivity contribution in [2.75, 3.05) is 11.9 Å². The summed E-state index contributed by atoms with van der Waals surface area (Å²) in [6, 6.07) is 19.5. The molecule has 7 heteroatoms. The van der Waals surface area contributed by atoms with Gasteiger partial charge >= 0.3 is 0 Å². The van der Waals surface area contributed by atoms with Crippen molar-refractivity contribution in [3.8, 4) is 0 Å². The summed E-state index contributed by atoms with van der Waals surface area (Å²) < 4.78 is 5.11. The molecule has 32 heavy (non-hydrogen) atoms. The number of nitrogens with one attached hydrogen (secondary N) is 3. The molecule has 1 heterocycles. The second-order valence-electron chi connectivity index (χ2n) is 7.12. The summed E-state index contributed by atoms with van der Waals surface area (Å²) in [5, 5.41) is 8.42. The lowest BCUT2D eigenvalue weighted by molar-refractivity contribution is -0.121. The lowest BCUT2D eigenvalue weighted by Crippen LogP contribution is -2.31. The van der Waals surface area contributed by atoms with E-state index >= 15 is 0 Å². The normalized spacial score (nSPS) is 11.7. The van der Waals surface area contributed by atoms with Gasteiger partial charge in [-0.1, -0.05) is 30.3 Å². The van der Waals surface area contributed by atoms with E-state index in [0.29, 0.717) is 17.0 Å². The Morgan fingerprint density at radius 1 is 1.00 bits per heavy atom. The number of hydrogen-bond acceptors (Lipinski definition) is 4. The predicted octanol–water partition coefficient (Wildman–Crippen LogP) is 3.93. The predicted molar refractivity (Wildman–Crippen MR) is 123 cm³/mol. The van der Waals surface area contributed by atoms with Gasteiger partial charge in [-0.05, 0) is 55.0 Å². The number of carbonyl (C=O) groups excluding carboxylic acids is 3. The van der Waals surface area contributed by atoms with Gasteiger partial charge in [-0.2, -0.15) is 0 Å². The summed E-state index contributed by atoms with van der Waals surface area (Å²) in [6.45, 7) is 2.08. The fourth-order valence-electron chi connectivity index (χ4n) is 2.98. The van der Waals surface area contributed by atoms with Crippen LogP contribution in [0.15, 0.2) is 83.5 Å². The van der Waals surface area contributed by atoms with Crippen molar-refractivity contribution in [2.45, 2.75) is 19.4 Å². The molecule has 3 aromatic rings. The average molecular weight is 431 g/mol. The minimum atomic E-state index is -0.302. The molecular weight excluding hydrogens is 406 g/mol. The highest BCUT2D eigenvalue weighted by molar-refractivity contribution is 6.04. The summed E-state index contributed by atoms with van der Waals surface area (Å²) in [4.78, 5) is 36.4. The maximum atomic E-state index is 12.3. The van der Waals surface area contributed by atoms with E-state index in [1.165, 1.54) is 12.3 Å². The SMILES string of the molecule is CC(NC(=O)CCNC(=O)/C=C/c1ccco1)c1cccc(NC(=O)c2ccccc2)c1. The van der Waals surface area contributed by atoms with E-state index < -0.39 is 0 Å². The molecule has 7 nitrogen and oxygen atoms in total. The molecule has 3 N–H and O–H groups in total. The molecule has 0 aliphatic carbocycles. The Morgan fingerprint density at radius 3 is 2.56 bits per heavy atom. The van der Waals surface area contributed by atoms with Crippen molar-refractivity contribution >= 4 is 29.5 Å². The van der Waals surface area contributed by atoms with Crippen LogP contribution in [0.3, 0.4) is 0 Å². The van der Waals surface area contributed by atoms with Gasteiger partial charge in [-0.3, -0.25) is 14.4 Å². The van der Waals surface area contributed by atoms with Gasteiger partial charge in [-0.25, -0.2) is 0 Å². The minimum Gasteiger partial charge on any atom is -0.465 e. The van der Waals surface area contributed by atoms with Gasteiger partial charge in [0.25, 0.3) is 5.91 Å². The second-order valence-corrected chi connectivity index (χ2v) is 7.12. The zero-order chi connectivity index (χ0) is 22.8. The summed E-state index contributed by atoms with van der Waals surface area (Å²) in [6.07, 6.45) is 4.58. The Bertz CT molecular complexity index is 1080. The van der Waals surface area contributed by atoms with Gasteiger partial charge in [0.2, 0.25) is 11.8 Å². The van der Waals surface area contributed by atoms with E-state index in [2.05, 4.69) is 16.0 Å². The van der Waals surface area contributed by atoms with Crippen LogP contribution in [-0.4, -0.2) is 24.3 Å². The molecule has 3 rings (SSSR count). The smallest absolute Gasteiger partial charge is 0.255 e. The minimum absolute atomic E-state index is 0.148. The second kappa shape index (κ2) is 11.3. The topological polar surface area (TPSA) is 100 Å².